The van der Waals surface area contributed by atoms with Crippen molar-refractivity contribution >= 4 is 11.8 Å². The number of ether oxygens (including phenoxy) is 1. The van der Waals surface area contributed by atoms with Crippen LogP contribution in [0.1, 0.15) is 13.3 Å². The second kappa shape index (κ2) is 5.11. The Morgan fingerprint density at radius 2 is 2.40 bits per heavy atom. The smallest absolute Gasteiger partial charge is 0.225 e. The van der Waals surface area contributed by atoms with E-state index in [0.717, 1.165) is 0 Å². The average Bonchev–Trinajstić information content (AvgIpc) is 2.59. The predicted molar refractivity (Wildman–Crippen MR) is 55.2 cm³/mol. The van der Waals surface area contributed by atoms with E-state index in [2.05, 4.69) is 5.32 Å². The van der Waals surface area contributed by atoms with Gasteiger partial charge in [-0.15, -0.1) is 0 Å². The molecule has 1 aliphatic heterocycles. The Morgan fingerprint density at radius 1 is 1.73 bits per heavy atom. The molecule has 1 fully saturated rings. The Kier molecular flexibility index (Phi) is 4.08. The Balaban J connectivity index is 2.56. The number of likely N-dealkylation sites (tertiary alicyclic amines) is 1. The van der Waals surface area contributed by atoms with Crippen LogP contribution in [0.15, 0.2) is 0 Å². The highest BCUT2D eigenvalue weighted by Crippen LogP contribution is 2.20. The normalized spacial score (nSPS) is 23.0. The lowest BCUT2D eigenvalue weighted by Crippen LogP contribution is -2.38. The monoisotopic (exact) mass is 214 g/mol. The van der Waals surface area contributed by atoms with Crippen molar-refractivity contribution in [3.8, 4) is 0 Å². The number of carbonyl (C=O) groups is 2. The van der Waals surface area contributed by atoms with Gasteiger partial charge in [0.05, 0.1) is 18.6 Å². The largest absolute Gasteiger partial charge is 0.383 e. The summed E-state index contributed by atoms with van der Waals surface area (Å²) in [5.74, 6) is -0.231. The maximum Gasteiger partial charge on any atom is 0.225 e. The summed E-state index contributed by atoms with van der Waals surface area (Å²) in [4.78, 5) is 24.7. The molecule has 1 aliphatic rings. The Bertz CT molecular complexity index is 255. The van der Waals surface area contributed by atoms with Crippen molar-refractivity contribution in [3.05, 3.63) is 0 Å². The third kappa shape index (κ3) is 2.68. The van der Waals surface area contributed by atoms with E-state index in [1.165, 1.54) is 0 Å². The van der Waals surface area contributed by atoms with Gasteiger partial charge in [-0.2, -0.15) is 0 Å². The van der Waals surface area contributed by atoms with Gasteiger partial charge in [-0.05, 0) is 6.92 Å². The van der Waals surface area contributed by atoms with Crippen LogP contribution in [0.25, 0.3) is 0 Å². The summed E-state index contributed by atoms with van der Waals surface area (Å²) >= 11 is 0. The minimum atomic E-state index is -0.207. The minimum absolute atomic E-state index is 0.0353. The summed E-state index contributed by atoms with van der Waals surface area (Å²) in [6.07, 6.45) is 0.313. The van der Waals surface area contributed by atoms with Gasteiger partial charge in [0, 0.05) is 27.1 Å². The van der Waals surface area contributed by atoms with Gasteiger partial charge in [-0.3, -0.25) is 9.59 Å². The molecule has 0 aliphatic carbocycles. The SMILES string of the molecule is CNC(=O)[C@H]1CC(=O)N([C@H](C)COC)C1. The van der Waals surface area contributed by atoms with Crippen molar-refractivity contribution in [2.75, 3.05) is 27.3 Å². The molecule has 86 valence electrons. The van der Waals surface area contributed by atoms with Crippen molar-refractivity contribution < 1.29 is 14.3 Å². The highest BCUT2D eigenvalue weighted by Gasteiger charge is 2.35. The zero-order valence-corrected chi connectivity index (χ0v) is 9.45. The molecule has 0 bridgehead atoms. The highest BCUT2D eigenvalue weighted by molar-refractivity contribution is 5.89. The quantitative estimate of drug-likeness (QED) is 0.693. The number of hydrogen-bond donors (Lipinski definition) is 1. The summed E-state index contributed by atoms with van der Waals surface area (Å²) in [6, 6.07) is 0.0390. The summed E-state index contributed by atoms with van der Waals surface area (Å²) in [6.45, 7) is 2.93. The molecule has 0 spiro atoms. The van der Waals surface area contributed by atoms with Crippen LogP contribution < -0.4 is 5.32 Å². The molecule has 1 N–H and O–H groups in total. The van der Waals surface area contributed by atoms with Gasteiger partial charge in [0.15, 0.2) is 0 Å². The predicted octanol–water partition coefficient (Wildman–Crippen LogP) is -0.384. The number of carbonyl (C=O) groups excluding carboxylic acids is 2. The van der Waals surface area contributed by atoms with Crippen LogP contribution in [0.5, 0.6) is 0 Å². The van der Waals surface area contributed by atoms with Crippen molar-refractivity contribution in [1.82, 2.24) is 10.2 Å². The van der Waals surface area contributed by atoms with E-state index in [1.807, 2.05) is 6.92 Å². The van der Waals surface area contributed by atoms with Crippen molar-refractivity contribution in [3.63, 3.8) is 0 Å². The van der Waals surface area contributed by atoms with Crippen molar-refractivity contribution in [2.24, 2.45) is 5.92 Å². The standard InChI is InChI=1S/C10H18N2O3/c1-7(6-15-3)12-5-8(4-9(12)13)10(14)11-2/h7-8H,4-6H2,1-3H3,(H,11,14)/t7-,8+/m1/s1. The van der Waals surface area contributed by atoms with Crippen LogP contribution in [0.4, 0.5) is 0 Å². The van der Waals surface area contributed by atoms with Gasteiger partial charge in [0.1, 0.15) is 0 Å². The van der Waals surface area contributed by atoms with Gasteiger partial charge >= 0.3 is 0 Å². The van der Waals surface area contributed by atoms with Gasteiger partial charge in [0.2, 0.25) is 11.8 Å². The maximum absolute atomic E-state index is 11.6. The fourth-order valence-electron chi connectivity index (χ4n) is 1.87. The number of rotatable bonds is 4. The molecule has 5 nitrogen and oxygen atoms in total. The van der Waals surface area contributed by atoms with E-state index in [-0.39, 0.29) is 23.8 Å². The van der Waals surface area contributed by atoms with Gasteiger partial charge < -0.3 is 15.0 Å². The summed E-state index contributed by atoms with van der Waals surface area (Å²) in [7, 11) is 3.20. The number of hydrogen-bond acceptors (Lipinski definition) is 3. The van der Waals surface area contributed by atoms with Gasteiger partial charge in [-0.1, -0.05) is 0 Å². The van der Waals surface area contributed by atoms with Gasteiger partial charge in [-0.25, -0.2) is 0 Å². The molecule has 0 aromatic carbocycles. The highest BCUT2D eigenvalue weighted by atomic mass is 16.5. The zero-order valence-electron chi connectivity index (χ0n) is 9.45. The second-order valence-electron chi connectivity index (χ2n) is 3.87. The fraction of sp³-hybridized carbons (Fsp3) is 0.800. The lowest BCUT2D eigenvalue weighted by molar-refractivity contribution is -0.130. The van der Waals surface area contributed by atoms with Crippen LogP contribution in [0.3, 0.4) is 0 Å². The lowest BCUT2D eigenvalue weighted by atomic mass is 10.1. The number of nitrogens with zero attached hydrogens (tertiary/aromatic N) is 1. The van der Waals surface area contributed by atoms with E-state index in [9.17, 15) is 9.59 Å². The van der Waals surface area contributed by atoms with Crippen LogP contribution in [-0.4, -0.2) is 50.1 Å². The molecule has 0 aromatic rings. The Morgan fingerprint density at radius 3 is 2.93 bits per heavy atom. The molecule has 5 heteroatoms. The first-order valence-corrected chi connectivity index (χ1v) is 5.10. The molecule has 1 heterocycles. The van der Waals surface area contributed by atoms with E-state index < -0.39 is 0 Å². The summed E-state index contributed by atoms with van der Waals surface area (Å²) < 4.78 is 4.99. The third-order valence-corrected chi connectivity index (χ3v) is 2.72. The third-order valence-electron chi connectivity index (χ3n) is 2.72. The first kappa shape index (κ1) is 12.0. The molecular formula is C10H18N2O3. The number of amides is 2. The van der Waals surface area contributed by atoms with Crippen LogP contribution in [0.2, 0.25) is 0 Å². The minimum Gasteiger partial charge on any atom is -0.383 e. The zero-order chi connectivity index (χ0) is 11.4. The molecule has 15 heavy (non-hydrogen) atoms. The average molecular weight is 214 g/mol. The van der Waals surface area contributed by atoms with Crippen molar-refractivity contribution in [1.29, 1.82) is 0 Å². The van der Waals surface area contributed by atoms with Gasteiger partial charge in [0.25, 0.3) is 0 Å². The van der Waals surface area contributed by atoms with E-state index >= 15 is 0 Å². The topological polar surface area (TPSA) is 58.6 Å². The maximum atomic E-state index is 11.6. The number of methoxy groups -OCH3 is 1. The molecule has 0 aromatic heterocycles. The molecule has 1 rings (SSSR count). The fourth-order valence-corrected chi connectivity index (χ4v) is 1.87. The molecule has 2 atom stereocenters. The molecular weight excluding hydrogens is 196 g/mol. The summed E-state index contributed by atoms with van der Waals surface area (Å²) in [5.41, 5.74) is 0. The molecule has 0 radical (unpaired) electrons. The van der Waals surface area contributed by atoms with Crippen LogP contribution in [0, 0.1) is 5.92 Å². The lowest BCUT2D eigenvalue weighted by Gasteiger charge is -2.23. The summed E-state index contributed by atoms with van der Waals surface area (Å²) in [5, 5.41) is 2.57. The molecule has 2 amide bonds. The Hall–Kier alpha value is -1.10. The first-order chi connectivity index (χ1) is 7.10. The Labute approximate surface area is 89.8 Å². The molecule has 0 saturated carbocycles. The molecule has 0 unspecified atom stereocenters. The van der Waals surface area contributed by atoms with Crippen LogP contribution in [-0.2, 0) is 14.3 Å². The van der Waals surface area contributed by atoms with E-state index in [0.29, 0.717) is 19.6 Å². The van der Waals surface area contributed by atoms with E-state index in [4.69, 9.17) is 4.74 Å². The number of nitrogens with one attached hydrogen (secondary N) is 1. The van der Waals surface area contributed by atoms with Crippen molar-refractivity contribution in [2.45, 2.75) is 19.4 Å². The second-order valence-corrected chi connectivity index (χ2v) is 3.87. The van der Waals surface area contributed by atoms with E-state index in [1.54, 1.807) is 19.1 Å². The van der Waals surface area contributed by atoms with Crippen LogP contribution >= 0.6 is 0 Å². The molecule has 1 saturated heterocycles. The first-order valence-electron chi connectivity index (χ1n) is 5.10.